The molecule has 2 rings (SSSR count). The lowest BCUT2D eigenvalue weighted by Gasteiger charge is -2.37. The van der Waals surface area contributed by atoms with Crippen molar-refractivity contribution in [1.29, 1.82) is 0 Å². The molecule has 0 unspecified atom stereocenters. The molecule has 2 fully saturated rings. The van der Waals surface area contributed by atoms with Gasteiger partial charge in [-0.25, -0.2) is 0 Å². The van der Waals surface area contributed by atoms with Crippen molar-refractivity contribution in [2.24, 2.45) is 0 Å². The molecule has 2 aliphatic heterocycles. The van der Waals surface area contributed by atoms with E-state index in [0.717, 1.165) is 12.1 Å². The molecule has 0 bridgehead atoms. The first-order chi connectivity index (χ1) is 7.75. The quantitative estimate of drug-likeness (QED) is 0.777. The summed E-state index contributed by atoms with van der Waals surface area (Å²) in [5.74, 6) is 0. The Morgan fingerprint density at radius 1 is 1.19 bits per heavy atom. The lowest BCUT2D eigenvalue weighted by Crippen LogP contribution is -2.48. The highest BCUT2D eigenvalue weighted by Crippen LogP contribution is 2.16. The minimum absolute atomic E-state index is 0.749. The predicted molar refractivity (Wildman–Crippen MR) is 68.8 cm³/mol. The van der Waals surface area contributed by atoms with Crippen LogP contribution in [0.4, 0.5) is 0 Å². The van der Waals surface area contributed by atoms with Gasteiger partial charge in [0, 0.05) is 18.6 Å². The first-order valence-corrected chi connectivity index (χ1v) is 6.88. The van der Waals surface area contributed by atoms with E-state index in [2.05, 4.69) is 29.2 Å². The van der Waals surface area contributed by atoms with Crippen LogP contribution in [0.1, 0.15) is 32.1 Å². The molecule has 0 aromatic rings. The van der Waals surface area contributed by atoms with Gasteiger partial charge < -0.3 is 15.1 Å². The summed E-state index contributed by atoms with van der Waals surface area (Å²) in [6.45, 7) is 5.01. The minimum Gasteiger partial charge on any atom is -0.313 e. The van der Waals surface area contributed by atoms with Gasteiger partial charge in [0.25, 0.3) is 0 Å². The zero-order chi connectivity index (χ0) is 11.4. The Bertz CT molecular complexity index is 193. The molecule has 3 nitrogen and oxygen atoms in total. The zero-order valence-electron chi connectivity index (χ0n) is 10.9. The van der Waals surface area contributed by atoms with E-state index in [1.165, 1.54) is 58.3 Å². The Labute approximate surface area is 100 Å². The number of hydrogen-bond acceptors (Lipinski definition) is 3. The normalized spacial score (nSPS) is 29.8. The summed E-state index contributed by atoms with van der Waals surface area (Å²) in [7, 11) is 4.55. The second kappa shape index (κ2) is 5.99. The van der Waals surface area contributed by atoms with E-state index < -0.39 is 0 Å². The number of likely N-dealkylation sites (tertiary alicyclic amines) is 1. The molecule has 94 valence electrons. The molecule has 0 amide bonds. The van der Waals surface area contributed by atoms with Crippen LogP contribution in [0.5, 0.6) is 0 Å². The molecular weight excluding hydrogens is 198 g/mol. The molecule has 1 atom stereocenters. The van der Waals surface area contributed by atoms with Crippen molar-refractivity contribution in [1.82, 2.24) is 15.1 Å². The summed E-state index contributed by atoms with van der Waals surface area (Å²) in [6, 6.07) is 1.57. The third-order valence-corrected chi connectivity index (χ3v) is 4.23. The molecule has 1 N–H and O–H groups in total. The van der Waals surface area contributed by atoms with Crippen LogP contribution in [-0.4, -0.2) is 62.2 Å². The van der Waals surface area contributed by atoms with Crippen LogP contribution >= 0.6 is 0 Å². The summed E-state index contributed by atoms with van der Waals surface area (Å²) < 4.78 is 0. The van der Waals surface area contributed by atoms with E-state index in [9.17, 15) is 0 Å². The smallest absolute Gasteiger partial charge is 0.0195 e. The maximum atomic E-state index is 3.65. The van der Waals surface area contributed by atoms with Gasteiger partial charge in [0.05, 0.1) is 0 Å². The Balaban J connectivity index is 1.72. The topological polar surface area (TPSA) is 18.5 Å². The number of nitrogens with one attached hydrogen (secondary N) is 1. The molecule has 0 aromatic carbocycles. The third-order valence-electron chi connectivity index (χ3n) is 4.23. The fourth-order valence-electron chi connectivity index (χ4n) is 3.01. The highest BCUT2D eigenvalue weighted by Gasteiger charge is 2.23. The van der Waals surface area contributed by atoms with Gasteiger partial charge >= 0.3 is 0 Å². The SMILES string of the molecule is CN1CCC(N(C)C[C@@H]2CCCCN2)CC1. The van der Waals surface area contributed by atoms with Crippen LogP contribution in [0.2, 0.25) is 0 Å². The van der Waals surface area contributed by atoms with Gasteiger partial charge in [-0.1, -0.05) is 6.42 Å². The van der Waals surface area contributed by atoms with Gasteiger partial charge in [0.15, 0.2) is 0 Å². The average Bonchev–Trinajstić information content (AvgIpc) is 2.31. The molecule has 3 heteroatoms. The van der Waals surface area contributed by atoms with E-state index in [1.54, 1.807) is 0 Å². The maximum absolute atomic E-state index is 3.65. The third kappa shape index (κ3) is 3.44. The first kappa shape index (κ1) is 12.3. The van der Waals surface area contributed by atoms with Crippen LogP contribution in [0.25, 0.3) is 0 Å². The number of piperidine rings is 2. The van der Waals surface area contributed by atoms with Gasteiger partial charge in [0.1, 0.15) is 0 Å². The fraction of sp³-hybridized carbons (Fsp3) is 1.00. The van der Waals surface area contributed by atoms with E-state index in [0.29, 0.717) is 0 Å². The highest BCUT2D eigenvalue weighted by molar-refractivity contribution is 4.81. The molecule has 0 aromatic heterocycles. The fourth-order valence-corrected chi connectivity index (χ4v) is 3.01. The van der Waals surface area contributed by atoms with Crippen LogP contribution in [0.3, 0.4) is 0 Å². The van der Waals surface area contributed by atoms with Crippen LogP contribution in [0.15, 0.2) is 0 Å². The van der Waals surface area contributed by atoms with Crippen molar-refractivity contribution in [3.8, 4) is 0 Å². The Hall–Kier alpha value is -0.120. The van der Waals surface area contributed by atoms with E-state index in [-0.39, 0.29) is 0 Å². The minimum atomic E-state index is 0.749. The van der Waals surface area contributed by atoms with Crippen LogP contribution < -0.4 is 5.32 Å². The average molecular weight is 225 g/mol. The molecule has 2 heterocycles. The summed E-state index contributed by atoms with van der Waals surface area (Å²) in [4.78, 5) is 5.04. The largest absolute Gasteiger partial charge is 0.313 e. The summed E-state index contributed by atoms with van der Waals surface area (Å²) in [5, 5.41) is 3.65. The predicted octanol–water partition coefficient (Wildman–Crippen LogP) is 1.15. The number of hydrogen-bond donors (Lipinski definition) is 1. The lowest BCUT2D eigenvalue weighted by atomic mass is 10.0. The standard InChI is InChI=1S/C13H27N3/c1-15-9-6-13(7-10-15)16(2)11-12-5-3-4-8-14-12/h12-14H,3-11H2,1-2H3/t12-/m0/s1. The van der Waals surface area contributed by atoms with Crippen molar-refractivity contribution >= 4 is 0 Å². The van der Waals surface area contributed by atoms with E-state index in [4.69, 9.17) is 0 Å². The first-order valence-electron chi connectivity index (χ1n) is 6.88. The molecular formula is C13H27N3. The van der Waals surface area contributed by atoms with Crippen molar-refractivity contribution in [3.05, 3.63) is 0 Å². The molecule has 2 saturated heterocycles. The van der Waals surface area contributed by atoms with Gasteiger partial charge in [-0.05, 0) is 59.4 Å². The molecule has 0 saturated carbocycles. The van der Waals surface area contributed by atoms with Crippen molar-refractivity contribution < 1.29 is 0 Å². The number of rotatable bonds is 3. The molecule has 16 heavy (non-hydrogen) atoms. The van der Waals surface area contributed by atoms with Gasteiger partial charge in [-0.15, -0.1) is 0 Å². The van der Waals surface area contributed by atoms with Crippen molar-refractivity contribution in [2.75, 3.05) is 40.3 Å². The second-order valence-electron chi connectivity index (χ2n) is 5.62. The Kier molecular flexibility index (Phi) is 4.62. The van der Waals surface area contributed by atoms with E-state index >= 15 is 0 Å². The van der Waals surface area contributed by atoms with Gasteiger partial charge in [-0.2, -0.15) is 0 Å². The van der Waals surface area contributed by atoms with Gasteiger partial charge in [0.2, 0.25) is 0 Å². The monoisotopic (exact) mass is 225 g/mol. The van der Waals surface area contributed by atoms with Gasteiger partial charge in [-0.3, -0.25) is 0 Å². The number of likely N-dealkylation sites (N-methyl/N-ethyl adjacent to an activating group) is 1. The Morgan fingerprint density at radius 3 is 2.56 bits per heavy atom. The Morgan fingerprint density at radius 2 is 1.94 bits per heavy atom. The van der Waals surface area contributed by atoms with Crippen LogP contribution in [-0.2, 0) is 0 Å². The maximum Gasteiger partial charge on any atom is 0.0195 e. The van der Waals surface area contributed by atoms with E-state index in [1.807, 2.05) is 0 Å². The molecule has 0 spiro atoms. The molecule has 2 aliphatic rings. The lowest BCUT2D eigenvalue weighted by molar-refractivity contribution is 0.130. The van der Waals surface area contributed by atoms with Crippen molar-refractivity contribution in [2.45, 2.75) is 44.2 Å². The highest BCUT2D eigenvalue weighted by atomic mass is 15.2. The summed E-state index contributed by atoms with van der Waals surface area (Å²) >= 11 is 0. The molecule has 0 radical (unpaired) electrons. The number of nitrogens with zero attached hydrogens (tertiary/aromatic N) is 2. The molecule has 0 aliphatic carbocycles. The zero-order valence-corrected chi connectivity index (χ0v) is 10.9. The van der Waals surface area contributed by atoms with Crippen molar-refractivity contribution in [3.63, 3.8) is 0 Å². The summed E-state index contributed by atoms with van der Waals surface area (Å²) in [5.41, 5.74) is 0. The summed E-state index contributed by atoms with van der Waals surface area (Å²) in [6.07, 6.45) is 6.85. The second-order valence-corrected chi connectivity index (χ2v) is 5.62. The van der Waals surface area contributed by atoms with Crippen LogP contribution in [0, 0.1) is 0 Å².